The van der Waals surface area contributed by atoms with Gasteiger partial charge in [-0.05, 0) is 31.5 Å². The number of hydrogen-bond donors (Lipinski definition) is 0. The molecule has 1 aromatic carbocycles. The van der Waals surface area contributed by atoms with Crippen LogP contribution < -0.4 is 9.47 Å². The van der Waals surface area contributed by atoms with Gasteiger partial charge in [-0.15, -0.1) is 0 Å². The highest BCUT2D eigenvalue weighted by Gasteiger charge is 2.24. The summed E-state index contributed by atoms with van der Waals surface area (Å²) in [5.41, 5.74) is 0.680. The number of nitro benzene ring substituents is 1. The molecule has 0 bridgehead atoms. The van der Waals surface area contributed by atoms with Crippen LogP contribution in [0.25, 0.3) is 0 Å². The lowest BCUT2D eigenvalue weighted by Crippen LogP contribution is -2.36. The van der Waals surface area contributed by atoms with Crippen molar-refractivity contribution in [3.8, 4) is 11.5 Å². The summed E-state index contributed by atoms with van der Waals surface area (Å²) in [4.78, 5) is 13.3. The molecule has 0 unspecified atom stereocenters. The molecule has 1 fully saturated rings. The highest BCUT2D eigenvalue weighted by molar-refractivity contribution is 5.60. The van der Waals surface area contributed by atoms with Gasteiger partial charge in [0, 0.05) is 18.7 Å². The SMILES string of the molecule is COc1ccc(CCCN2CCOCC2)c([N+](=O)[O-])c1OC. The Morgan fingerprint density at radius 1 is 1.27 bits per heavy atom. The molecule has 0 atom stereocenters. The van der Waals surface area contributed by atoms with Crippen LogP contribution in [0.1, 0.15) is 12.0 Å². The molecule has 122 valence electrons. The molecular formula is C15H22N2O5. The maximum atomic E-state index is 11.4. The van der Waals surface area contributed by atoms with Crippen molar-refractivity contribution in [2.45, 2.75) is 12.8 Å². The molecule has 1 aliphatic rings. The van der Waals surface area contributed by atoms with Gasteiger partial charge in [-0.1, -0.05) is 0 Å². The minimum atomic E-state index is -0.397. The number of nitro groups is 1. The standard InChI is InChI=1S/C15H22N2O5/c1-20-13-6-5-12(14(17(18)19)15(13)21-2)4-3-7-16-8-10-22-11-9-16/h5-6H,3-4,7-11H2,1-2H3. The molecule has 0 spiro atoms. The van der Waals surface area contributed by atoms with Crippen LogP contribution in [0.5, 0.6) is 11.5 Å². The topological polar surface area (TPSA) is 74.1 Å². The molecule has 1 saturated heterocycles. The van der Waals surface area contributed by atoms with Gasteiger partial charge >= 0.3 is 5.69 Å². The van der Waals surface area contributed by atoms with Gasteiger partial charge in [0.05, 0.1) is 32.4 Å². The summed E-state index contributed by atoms with van der Waals surface area (Å²) in [5.74, 6) is 0.572. The minimum absolute atomic E-state index is 0.00354. The van der Waals surface area contributed by atoms with Crippen molar-refractivity contribution >= 4 is 5.69 Å². The van der Waals surface area contributed by atoms with E-state index in [1.54, 1.807) is 12.1 Å². The fraction of sp³-hybridized carbons (Fsp3) is 0.600. The van der Waals surface area contributed by atoms with E-state index in [1.165, 1.54) is 14.2 Å². The number of rotatable bonds is 7. The second kappa shape index (κ2) is 7.95. The molecule has 0 aliphatic carbocycles. The Morgan fingerprint density at radius 3 is 2.59 bits per heavy atom. The Bertz CT molecular complexity index is 515. The van der Waals surface area contributed by atoms with Crippen LogP contribution in [-0.2, 0) is 11.2 Å². The number of nitrogens with zero attached hydrogens (tertiary/aromatic N) is 2. The zero-order chi connectivity index (χ0) is 15.9. The lowest BCUT2D eigenvalue weighted by atomic mass is 10.1. The summed E-state index contributed by atoms with van der Waals surface area (Å²) in [6.07, 6.45) is 1.49. The predicted octanol–water partition coefficient (Wildman–Crippen LogP) is 1.88. The number of benzene rings is 1. The molecule has 0 saturated carbocycles. The second-order valence-electron chi connectivity index (χ2n) is 5.12. The van der Waals surface area contributed by atoms with E-state index in [2.05, 4.69) is 4.90 Å². The molecule has 1 aliphatic heterocycles. The third-order valence-corrected chi connectivity index (χ3v) is 3.81. The molecular weight excluding hydrogens is 288 g/mol. The van der Waals surface area contributed by atoms with E-state index < -0.39 is 4.92 Å². The monoisotopic (exact) mass is 310 g/mol. The third kappa shape index (κ3) is 3.86. The molecule has 0 N–H and O–H groups in total. The van der Waals surface area contributed by atoms with Gasteiger partial charge < -0.3 is 14.2 Å². The van der Waals surface area contributed by atoms with Gasteiger partial charge in [0.15, 0.2) is 5.75 Å². The lowest BCUT2D eigenvalue weighted by Gasteiger charge is -2.26. The molecule has 7 nitrogen and oxygen atoms in total. The van der Waals surface area contributed by atoms with Crippen molar-refractivity contribution < 1.29 is 19.1 Å². The van der Waals surface area contributed by atoms with Crippen LogP contribution in [0.2, 0.25) is 0 Å². The number of morpholine rings is 1. The second-order valence-corrected chi connectivity index (χ2v) is 5.12. The first-order valence-corrected chi connectivity index (χ1v) is 7.35. The van der Waals surface area contributed by atoms with E-state index in [9.17, 15) is 10.1 Å². The number of methoxy groups -OCH3 is 2. The zero-order valence-electron chi connectivity index (χ0n) is 13.0. The first-order valence-electron chi connectivity index (χ1n) is 7.35. The number of aryl methyl sites for hydroxylation is 1. The van der Waals surface area contributed by atoms with E-state index in [-0.39, 0.29) is 11.4 Å². The first kappa shape index (κ1) is 16.5. The Morgan fingerprint density at radius 2 is 2.00 bits per heavy atom. The smallest absolute Gasteiger partial charge is 0.318 e. The zero-order valence-corrected chi connectivity index (χ0v) is 13.0. The van der Waals surface area contributed by atoms with Crippen LogP contribution in [0.15, 0.2) is 12.1 Å². The maximum Gasteiger partial charge on any atom is 0.318 e. The molecule has 7 heteroatoms. The van der Waals surface area contributed by atoms with E-state index in [0.717, 1.165) is 39.3 Å². The molecule has 2 rings (SSSR count). The van der Waals surface area contributed by atoms with Crippen LogP contribution >= 0.6 is 0 Å². The van der Waals surface area contributed by atoms with Crippen molar-refractivity contribution in [2.75, 3.05) is 47.1 Å². The Balaban J connectivity index is 2.07. The summed E-state index contributed by atoms with van der Waals surface area (Å²) in [5, 5.41) is 11.4. The van der Waals surface area contributed by atoms with Crippen molar-refractivity contribution in [3.63, 3.8) is 0 Å². The fourth-order valence-electron chi connectivity index (χ4n) is 2.67. The van der Waals surface area contributed by atoms with Crippen LogP contribution in [0, 0.1) is 10.1 Å². The van der Waals surface area contributed by atoms with Crippen LogP contribution in [-0.4, -0.2) is 56.9 Å². The van der Waals surface area contributed by atoms with Crippen molar-refractivity contribution in [3.05, 3.63) is 27.8 Å². The normalized spacial score (nSPS) is 15.5. The Hall–Kier alpha value is -1.86. The van der Waals surface area contributed by atoms with Crippen molar-refractivity contribution in [2.24, 2.45) is 0 Å². The van der Waals surface area contributed by atoms with Crippen LogP contribution in [0.4, 0.5) is 5.69 Å². The van der Waals surface area contributed by atoms with Gasteiger partial charge in [0.1, 0.15) is 0 Å². The highest BCUT2D eigenvalue weighted by atomic mass is 16.6. The van der Waals surface area contributed by atoms with Gasteiger partial charge in [0.25, 0.3) is 0 Å². The average molecular weight is 310 g/mol. The molecule has 1 heterocycles. The van der Waals surface area contributed by atoms with E-state index in [0.29, 0.717) is 17.7 Å². The van der Waals surface area contributed by atoms with Gasteiger partial charge in [-0.25, -0.2) is 0 Å². The van der Waals surface area contributed by atoms with Gasteiger partial charge in [-0.3, -0.25) is 15.0 Å². The molecule has 0 amide bonds. The third-order valence-electron chi connectivity index (χ3n) is 3.81. The summed E-state index contributed by atoms with van der Waals surface area (Å²) in [7, 11) is 2.89. The summed E-state index contributed by atoms with van der Waals surface area (Å²) in [6, 6.07) is 3.47. The fourth-order valence-corrected chi connectivity index (χ4v) is 2.67. The lowest BCUT2D eigenvalue weighted by molar-refractivity contribution is -0.386. The largest absolute Gasteiger partial charge is 0.493 e. The molecule has 0 radical (unpaired) electrons. The van der Waals surface area contributed by atoms with Gasteiger partial charge in [-0.2, -0.15) is 0 Å². The summed E-state index contributed by atoms with van der Waals surface area (Å²) in [6.45, 7) is 4.28. The average Bonchev–Trinajstić information content (AvgIpc) is 2.54. The van der Waals surface area contributed by atoms with E-state index in [1.807, 2.05) is 0 Å². The maximum absolute atomic E-state index is 11.4. The number of ether oxygens (including phenoxy) is 3. The highest BCUT2D eigenvalue weighted by Crippen LogP contribution is 2.39. The van der Waals surface area contributed by atoms with E-state index >= 15 is 0 Å². The predicted molar refractivity (Wildman–Crippen MR) is 81.8 cm³/mol. The van der Waals surface area contributed by atoms with Crippen LogP contribution in [0.3, 0.4) is 0 Å². The number of hydrogen-bond acceptors (Lipinski definition) is 6. The van der Waals surface area contributed by atoms with Crippen molar-refractivity contribution in [1.82, 2.24) is 4.90 Å². The molecule has 1 aromatic rings. The Kier molecular flexibility index (Phi) is 5.97. The molecule has 0 aromatic heterocycles. The first-order chi connectivity index (χ1) is 10.7. The van der Waals surface area contributed by atoms with E-state index in [4.69, 9.17) is 14.2 Å². The van der Waals surface area contributed by atoms with Crippen molar-refractivity contribution in [1.29, 1.82) is 0 Å². The quantitative estimate of drug-likeness (QED) is 0.565. The molecule has 22 heavy (non-hydrogen) atoms. The Labute approximate surface area is 129 Å². The van der Waals surface area contributed by atoms with Gasteiger partial charge in [0.2, 0.25) is 5.75 Å². The minimum Gasteiger partial charge on any atom is -0.493 e. The summed E-state index contributed by atoms with van der Waals surface area (Å²) < 4.78 is 15.6. The summed E-state index contributed by atoms with van der Waals surface area (Å²) >= 11 is 0.